The number of rotatable bonds is 4. The Morgan fingerprint density at radius 2 is 1.93 bits per heavy atom. The van der Waals surface area contributed by atoms with Crippen molar-refractivity contribution >= 4 is 17.6 Å². The topological polar surface area (TPSA) is 31.2 Å². The molecular formula is C18H16ClF6NO2. The second-order valence-electron chi connectivity index (χ2n) is 6.96. The summed E-state index contributed by atoms with van der Waals surface area (Å²) in [5.74, 6) is -0.0221. The minimum atomic E-state index is -4.85. The molecule has 154 valence electrons. The molecule has 0 radical (unpaired) electrons. The first-order valence-corrected chi connectivity index (χ1v) is 8.27. The Morgan fingerprint density at radius 3 is 2.36 bits per heavy atom. The normalized spacial score (nSPS) is 24.6. The third-order valence-electron chi connectivity index (χ3n) is 5.17. The predicted molar refractivity (Wildman–Crippen MR) is 89.2 cm³/mol. The number of hydrogen-bond donors (Lipinski definition) is 0. The second-order valence-corrected chi connectivity index (χ2v) is 7.36. The summed E-state index contributed by atoms with van der Waals surface area (Å²) in [6, 6.07) is 0.714. The monoisotopic (exact) mass is 427 g/mol. The minimum Gasteiger partial charge on any atom is -0.468 e. The number of carbonyl (C=O) groups excluding carboxylic acids is 1. The van der Waals surface area contributed by atoms with Crippen LogP contribution in [-0.2, 0) is 27.7 Å². The second kappa shape index (κ2) is 6.76. The van der Waals surface area contributed by atoms with Crippen molar-refractivity contribution in [2.45, 2.75) is 38.2 Å². The molecule has 0 spiro atoms. The summed E-state index contributed by atoms with van der Waals surface area (Å²) in [6.07, 6.45) is -2.86. The third kappa shape index (κ3) is 3.28. The van der Waals surface area contributed by atoms with Crippen molar-refractivity contribution in [2.75, 3.05) is 7.11 Å². The summed E-state index contributed by atoms with van der Waals surface area (Å²) in [5.41, 5.74) is -4.21. The number of terminal acetylenes is 1. The number of carbonyl (C=O) groups is 1. The summed E-state index contributed by atoms with van der Waals surface area (Å²) < 4.78 is 84.1. The molecule has 3 nitrogen and oxygen atoms in total. The smallest absolute Gasteiger partial charge is 0.431 e. The number of halogens is 7. The van der Waals surface area contributed by atoms with Crippen LogP contribution in [0, 0.1) is 23.7 Å². The molecule has 0 aromatic carbocycles. The lowest BCUT2D eigenvalue weighted by Crippen LogP contribution is -2.28. The summed E-state index contributed by atoms with van der Waals surface area (Å²) >= 11 is 5.31. The van der Waals surface area contributed by atoms with E-state index >= 15 is 0 Å². The Balaban J connectivity index is 2.70. The fourth-order valence-corrected chi connectivity index (χ4v) is 3.92. The summed E-state index contributed by atoms with van der Waals surface area (Å²) in [7, 11) is 1.01. The van der Waals surface area contributed by atoms with E-state index in [0.29, 0.717) is 12.1 Å². The van der Waals surface area contributed by atoms with Crippen LogP contribution in [0.1, 0.15) is 25.1 Å². The highest BCUT2D eigenvalue weighted by molar-refractivity contribution is 6.30. The Morgan fingerprint density at radius 1 is 1.36 bits per heavy atom. The van der Waals surface area contributed by atoms with Crippen LogP contribution in [0.5, 0.6) is 0 Å². The first kappa shape index (κ1) is 22.2. The van der Waals surface area contributed by atoms with Crippen molar-refractivity contribution in [1.82, 2.24) is 4.57 Å². The molecule has 1 heterocycles. The molecule has 0 aliphatic heterocycles. The molecule has 1 aliphatic carbocycles. The number of nitrogens with zero attached hydrogens (tertiary/aromatic N) is 1. The van der Waals surface area contributed by atoms with E-state index in [1.54, 1.807) is 0 Å². The largest absolute Gasteiger partial charge is 0.468 e. The lowest BCUT2D eigenvalue weighted by Gasteiger charge is -2.16. The molecule has 1 aromatic rings. The van der Waals surface area contributed by atoms with Gasteiger partial charge in [0.2, 0.25) is 0 Å². The molecule has 1 fully saturated rings. The van der Waals surface area contributed by atoms with Crippen LogP contribution in [0.4, 0.5) is 26.3 Å². The van der Waals surface area contributed by atoms with Crippen molar-refractivity contribution in [3.63, 3.8) is 0 Å². The molecule has 1 aromatic heterocycles. The van der Waals surface area contributed by atoms with Crippen molar-refractivity contribution in [3.05, 3.63) is 34.6 Å². The first-order valence-electron chi connectivity index (χ1n) is 7.90. The Bertz CT molecular complexity index is 859. The number of alkyl halides is 6. The lowest BCUT2D eigenvalue weighted by atomic mass is 9.89. The Labute approximate surface area is 162 Å². The van der Waals surface area contributed by atoms with E-state index in [0.717, 1.165) is 17.9 Å². The molecule has 28 heavy (non-hydrogen) atoms. The van der Waals surface area contributed by atoms with Crippen LogP contribution in [0.3, 0.4) is 0 Å². The standard InChI is InChI=1S/C18H16ClF6NO2/c1-5-6-26-9-10(7-13(26)18(23,24)25)16(14(27)28-4)11(15(16,2)3)8-12(19)17(20,21)22/h1,7-9,11H,6H2,2-4H3/t11-,16+/m1/s1. The van der Waals surface area contributed by atoms with Gasteiger partial charge < -0.3 is 9.30 Å². The van der Waals surface area contributed by atoms with Crippen LogP contribution >= 0.6 is 11.6 Å². The highest BCUT2D eigenvalue weighted by Crippen LogP contribution is 2.71. The molecule has 1 aliphatic rings. The maximum atomic E-state index is 13.3. The highest BCUT2D eigenvalue weighted by Gasteiger charge is 2.77. The quantitative estimate of drug-likeness (QED) is 0.389. The molecule has 0 N–H and O–H groups in total. The van der Waals surface area contributed by atoms with Gasteiger partial charge in [-0.25, -0.2) is 0 Å². The van der Waals surface area contributed by atoms with Gasteiger partial charge >= 0.3 is 18.3 Å². The van der Waals surface area contributed by atoms with Gasteiger partial charge in [0, 0.05) is 12.1 Å². The van der Waals surface area contributed by atoms with Gasteiger partial charge in [-0.2, -0.15) is 26.3 Å². The Hall–Kier alpha value is -2.08. The van der Waals surface area contributed by atoms with Gasteiger partial charge in [0.15, 0.2) is 0 Å². The van der Waals surface area contributed by atoms with Gasteiger partial charge in [0.05, 0.1) is 13.7 Å². The van der Waals surface area contributed by atoms with E-state index in [1.165, 1.54) is 13.8 Å². The zero-order chi connectivity index (χ0) is 21.7. The van der Waals surface area contributed by atoms with E-state index < -0.39 is 52.3 Å². The van der Waals surface area contributed by atoms with Crippen LogP contribution < -0.4 is 0 Å². The maximum absolute atomic E-state index is 13.3. The molecule has 2 rings (SSSR count). The van der Waals surface area contributed by atoms with Crippen molar-refractivity contribution in [3.8, 4) is 12.3 Å². The zero-order valence-electron chi connectivity index (χ0n) is 15.0. The van der Waals surface area contributed by atoms with Crippen LogP contribution in [0.2, 0.25) is 0 Å². The first-order chi connectivity index (χ1) is 12.7. The number of ether oxygens (including phenoxy) is 1. The average Bonchev–Trinajstić information content (AvgIpc) is 2.85. The number of esters is 1. The van der Waals surface area contributed by atoms with Gasteiger partial charge in [-0.3, -0.25) is 4.79 Å². The minimum absolute atomic E-state index is 0.139. The molecule has 2 atom stereocenters. The Kier molecular flexibility index (Phi) is 5.36. The van der Waals surface area contributed by atoms with Crippen molar-refractivity contribution in [2.24, 2.45) is 11.3 Å². The number of aromatic nitrogens is 1. The van der Waals surface area contributed by atoms with Crippen LogP contribution in [0.15, 0.2) is 23.4 Å². The third-order valence-corrected chi connectivity index (χ3v) is 5.51. The fraction of sp³-hybridized carbons (Fsp3) is 0.500. The molecule has 0 unspecified atom stereocenters. The van der Waals surface area contributed by atoms with E-state index in [9.17, 15) is 31.1 Å². The zero-order valence-corrected chi connectivity index (χ0v) is 15.8. The van der Waals surface area contributed by atoms with Gasteiger partial charge in [-0.15, -0.1) is 6.42 Å². The highest BCUT2D eigenvalue weighted by atomic mass is 35.5. The van der Waals surface area contributed by atoms with Crippen molar-refractivity contribution in [1.29, 1.82) is 0 Å². The van der Waals surface area contributed by atoms with Crippen molar-refractivity contribution < 1.29 is 35.9 Å². The molecule has 1 saturated carbocycles. The van der Waals surface area contributed by atoms with Crippen LogP contribution in [-0.4, -0.2) is 23.8 Å². The molecule has 0 saturated heterocycles. The van der Waals surface area contributed by atoms with Crippen LogP contribution in [0.25, 0.3) is 0 Å². The molecule has 0 amide bonds. The van der Waals surface area contributed by atoms with Gasteiger partial charge in [-0.05, 0) is 17.0 Å². The lowest BCUT2D eigenvalue weighted by molar-refractivity contribution is -0.145. The number of methoxy groups -OCH3 is 1. The van der Waals surface area contributed by atoms with Gasteiger partial charge in [-0.1, -0.05) is 37.4 Å². The van der Waals surface area contributed by atoms with E-state index in [1.807, 2.05) is 0 Å². The summed E-state index contributed by atoms with van der Waals surface area (Å²) in [5, 5.41) is -1.46. The maximum Gasteiger partial charge on any atom is 0.431 e. The van der Waals surface area contributed by atoms with Gasteiger partial charge in [0.25, 0.3) is 0 Å². The molecular weight excluding hydrogens is 412 g/mol. The fourth-order valence-electron chi connectivity index (χ4n) is 3.79. The number of hydrogen-bond acceptors (Lipinski definition) is 2. The SMILES string of the molecule is C#CCn1cc([C@@]2(C(=O)OC)[C@H](C=C(Cl)C(F)(F)F)C2(C)C)cc1C(F)(F)F. The van der Waals surface area contributed by atoms with E-state index in [4.69, 9.17) is 22.8 Å². The predicted octanol–water partition coefficient (Wildman–Crippen LogP) is 4.89. The molecule has 10 heteroatoms. The average molecular weight is 428 g/mol. The molecule has 0 bridgehead atoms. The number of allylic oxidation sites excluding steroid dienone is 2. The summed E-state index contributed by atoms with van der Waals surface area (Å²) in [6.45, 7) is 2.48. The van der Waals surface area contributed by atoms with Gasteiger partial charge in [0.1, 0.15) is 16.1 Å². The van der Waals surface area contributed by atoms with E-state index in [-0.39, 0.29) is 5.56 Å². The van der Waals surface area contributed by atoms with E-state index in [2.05, 4.69) is 5.92 Å². The summed E-state index contributed by atoms with van der Waals surface area (Å²) in [4.78, 5) is 12.6.